The van der Waals surface area contributed by atoms with Crippen LogP contribution in [0.25, 0.3) is 0 Å². The van der Waals surface area contributed by atoms with Crippen LogP contribution in [-0.2, 0) is 0 Å². The zero-order valence-electron chi connectivity index (χ0n) is 9.73. The van der Waals surface area contributed by atoms with Crippen LogP contribution in [0.15, 0.2) is 0 Å². The van der Waals surface area contributed by atoms with Gasteiger partial charge in [0.25, 0.3) is 0 Å². The third-order valence-electron chi connectivity index (χ3n) is 4.06. The van der Waals surface area contributed by atoms with E-state index in [9.17, 15) is 0 Å². The van der Waals surface area contributed by atoms with E-state index < -0.39 is 0 Å². The lowest BCUT2D eigenvalue weighted by atomic mass is 9.51. The topological polar surface area (TPSA) is 0 Å². The van der Waals surface area contributed by atoms with Gasteiger partial charge in [-0.05, 0) is 5.92 Å². The molecule has 0 saturated heterocycles. The van der Waals surface area contributed by atoms with Gasteiger partial charge in [-0.3, -0.25) is 0 Å². The van der Waals surface area contributed by atoms with Gasteiger partial charge in [0.1, 0.15) is 7.28 Å². The van der Waals surface area contributed by atoms with Crippen molar-refractivity contribution in [3.05, 3.63) is 0 Å². The molecule has 76 valence electrons. The molecule has 0 aromatic carbocycles. The largest absolute Gasteiger partial charge is 0.124 e. The van der Waals surface area contributed by atoms with Crippen molar-refractivity contribution in [3.63, 3.8) is 0 Å². The first-order valence-electron chi connectivity index (χ1n) is 6.16. The fourth-order valence-electron chi connectivity index (χ4n) is 2.54. The van der Waals surface area contributed by atoms with Crippen molar-refractivity contribution in [1.29, 1.82) is 0 Å². The van der Waals surface area contributed by atoms with Gasteiger partial charge in [0.15, 0.2) is 0 Å². The third-order valence-corrected chi connectivity index (χ3v) is 4.06. The summed E-state index contributed by atoms with van der Waals surface area (Å²) in [5, 5.41) is 0.671. The number of rotatable bonds is 1. The summed E-state index contributed by atoms with van der Waals surface area (Å²) in [5.41, 5.74) is 0. The van der Waals surface area contributed by atoms with Crippen LogP contribution in [0.4, 0.5) is 0 Å². The van der Waals surface area contributed by atoms with E-state index in [1.807, 2.05) is 0 Å². The van der Waals surface area contributed by atoms with E-state index in [-0.39, 0.29) is 0 Å². The summed E-state index contributed by atoms with van der Waals surface area (Å²) >= 11 is 0. The van der Waals surface area contributed by atoms with Crippen molar-refractivity contribution in [2.45, 2.75) is 70.9 Å². The highest BCUT2D eigenvalue weighted by Gasteiger charge is 2.23. The average Bonchev–Trinajstić information content (AvgIpc) is 2.19. The highest BCUT2D eigenvalue weighted by molar-refractivity contribution is 6.38. The molecule has 0 spiro atoms. The molecule has 0 N–H and O–H groups in total. The quantitative estimate of drug-likeness (QED) is 0.534. The summed E-state index contributed by atoms with van der Waals surface area (Å²) < 4.78 is 0. The fourth-order valence-corrected chi connectivity index (χ4v) is 2.54. The first kappa shape index (κ1) is 11.1. The minimum absolute atomic E-state index is 0.671. The molecule has 1 fully saturated rings. The van der Waals surface area contributed by atoms with E-state index in [0.717, 1.165) is 5.92 Å². The second-order valence-corrected chi connectivity index (χ2v) is 5.41. The van der Waals surface area contributed by atoms with E-state index in [4.69, 9.17) is 0 Å². The summed E-state index contributed by atoms with van der Waals surface area (Å²) in [6.07, 6.45) is 10.3. The Balaban J connectivity index is 2.43. The van der Waals surface area contributed by atoms with E-state index in [1.54, 1.807) is 0 Å². The predicted molar refractivity (Wildman–Crippen MR) is 62.9 cm³/mol. The monoisotopic (exact) mass is 180 g/mol. The summed E-state index contributed by atoms with van der Waals surface area (Å²) in [5.74, 6) is 0.985. The smallest absolute Gasteiger partial charge is 0.0889 e. The van der Waals surface area contributed by atoms with Crippen molar-refractivity contribution < 1.29 is 0 Å². The van der Waals surface area contributed by atoms with Gasteiger partial charge in [-0.15, -0.1) is 0 Å². The Labute approximate surface area is 84.7 Å². The van der Waals surface area contributed by atoms with Crippen LogP contribution >= 0.6 is 0 Å². The summed E-state index contributed by atoms with van der Waals surface area (Å²) in [4.78, 5) is 0. The van der Waals surface area contributed by atoms with Gasteiger partial charge in [-0.1, -0.05) is 70.9 Å². The molecule has 0 radical (unpaired) electrons. The van der Waals surface area contributed by atoms with Crippen molar-refractivity contribution >= 4 is 7.28 Å². The van der Waals surface area contributed by atoms with Crippen LogP contribution in [0, 0.1) is 5.92 Å². The molecular formula is C12H25B. The van der Waals surface area contributed by atoms with Gasteiger partial charge < -0.3 is 0 Å². The maximum atomic E-state index is 2.49. The second kappa shape index (κ2) is 5.07. The number of hydrogen-bond acceptors (Lipinski definition) is 0. The Morgan fingerprint density at radius 2 is 1.69 bits per heavy atom. The minimum Gasteiger partial charge on any atom is -0.0889 e. The normalized spacial score (nSPS) is 37.3. The zero-order chi connectivity index (χ0) is 9.73. The van der Waals surface area contributed by atoms with E-state index >= 15 is 0 Å². The molecule has 0 heterocycles. The van der Waals surface area contributed by atoms with Crippen LogP contribution in [-0.4, -0.2) is 7.28 Å². The predicted octanol–water partition coefficient (Wildman–Crippen LogP) is 4.03. The molecule has 1 rings (SSSR count). The van der Waals surface area contributed by atoms with Gasteiger partial charge in [-0.25, -0.2) is 0 Å². The molecule has 0 aromatic heterocycles. The Hall–Kier alpha value is 0.0649. The lowest BCUT2D eigenvalue weighted by molar-refractivity contribution is 0.455. The highest BCUT2D eigenvalue weighted by atomic mass is 14.2. The van der Waals surface area contributed by atoms with Crippen LogP contribution in [0.2, 0.25) is 12.1 Å². The zero-order valence-corrected chi connectivity index (χ0v) is 9.73. The Kier molecular flexibility index (Phi) is 4.35. The van der Waals surface area contributed by atoms with Crippen molar-refractivity contribution in [1.82, 2.24) is 0 Å². The third kappa shape index (κ3) is 3.75. The molecular weight excluding hydrogens is 155 g/mol. The molecule has 0 nitrogen and oxygen atoms in total. The van der Waals surface area contributed by atoms with Gasteiger partial charge >= 0.3 is 0 Å². The molecule has 13 heavy (non-hydrogen) atoms. The Morgan fingerprint density at radius 1 is 1.08 bits per heavy atom. The Bertz CT molecular complexity index is 144. The average molecular weight is 180 g/mol. The second-order valence-electron chi connectivity index (χ2n) is 5.41. The SMILES string of the molecule is CBC1(C)CCCCC(C)CCC1. The molecule has 0 bridgehead atoms. The van der Waals surface area contributed by atoms with Crippen molar-refractivity contribution in [2.75, 3.05) is 0 Å². The molecule has 2 unspecified atom stereocenters. The molecule has 1 aliphatic carbocycles. The number of hydrogen-bond donors (Lipinski definition) is 0. The van der Waals surface area contributed by atoms with Crippen LogP contribution < -0.4 is 0 Å². The minimum atomic E-state index is 0.671. The van der Waals surface area contributed by atoms with Crippen LogP contribution in [0.3, 0.4) is 0 Å². The van der Waals surface area contributed by atoms with Gasteiger partial charge in [-0.2, -0.15) is 0 Å². The van der Waals surface area contributed by atoms with E-state index in [0.29, 0.717) is 5.31 Å². The molecule has 1 saturated carbocycles. The molecule has 2 atom stereocenters. The molecule has 1 heteroatoms. The van der Waals surface area contributed by atoms with Gasteiger partial charge in [0.2, 0.25) is 0 Å². The first-order valence-corrected chi connectivity index (χ1v) is 6.16. The Morgan fingerprint density at radius 3 is 2.38 bits per heavy atom. The molecule has 0 amide bonds. The lowest BCUT2D eigenvalue weighted by Crippen LogP contribution is -2.14. The lowest BCUT2D eigenvalue weighted by Gasteiger charge is -2.27. The summed E-state index contributed by atoms with van der Waals surface area (Å²) in [6, 6.07) is 0. The summed E-state index contributed by atoms with van der Waals surface area (Å²) in [6.45, 7) is 7.28. The highest BCUT2D eigenvalue weighted by Crippen LogP contribution is 2.39. The van der Waals surface area contributed by atoms with Crippen LogP contribution in [0.1, 0.15) is 58.8 Å². The fraction of sp³-hybridized carbons (Fsp3) is 1.00. The maximum absolute atomic E-state index is 2.49. The van der Waals surface area contributed by atoms with Crippen LogP contribution in [0.5, 0.6) is 0 Å². The molecule has 0 aliphatic heterocycles. The summed E-state index contributed by atoms with van der Waals surface area (Å²) in [7, 11) is 1.38. The molecule has 0 aromatic rings. The van der Waals surface area contributed by atoms with Crippen molar-refractivity contribution in [2.24, 2.45) is 5.92 Å². The van der Waals surface area contributed by atoms with Gasteiger partial charge in [0.05, 0.1) is 0 Å². The maximum Gasteiger partial charge on any atom is 0.124 e. The van der Waals surface area contributed by atoms with E-state index in [1.165, 1.54) is 52.2 Å². The van der Waals surface area contributed by atoms with E-state index in [2.05, 4.69) is 20.7 Å². The molecule has 1 aliphatic rings. The standard InChI is InChI=1S/C12H25B/c1-11-7-4-5-9-12(2,13-3)10-6-8-11/h11,13H,4-10H2,1-3H3. The first-order chi connectivity index (χ1) is 6.16. The van der Waals surface area contributed by atoms with Crippen molar-refractivity contribution in [3.8, 4) is 0 Å². The van der Waals surface area contributed by atoms with Gasteiger partial charge in [0, 0.05) is 0 Å².